The minimum atomic E-state index is -0.116. The Morgan fingerprint density at radius 1 is 1.47 bits per heavy atom. The molecule has 17 heavy (non-hydrogen) atoms. The lowest BCUT2D eigenvalue weighted by molar-refractivity contribution is 0.662. The SMILES string of the molecule is CCn1ccnc1C(N)c1cc2sccc2s1. The number of thiophene rings is 2. The Balaban J connectivity index is 2.01. The van der Waals surface area contributed by atoms with Gasteiger partial charge in [-0.1, -0.05) is 0 Å². The fourth-order valence-electron chi connectivity index (χ4n) is 1.93. The summed E-state index contributed by atoms with van der Waals surface area (Å²) in [5, 5.41) is 2.11. The molecule has 0 radical (unpaired) electrons. The number of aryl methyl sites for hydroxylation is 1. The number of aromatic nitrogens is 2. The predicted molar refractivity (Wildman–Crippen MR) is 73.6 cm³/mol. The molecule has 88 valence electrons. The van der Waals surface area contributed by atoms with Crippen LogP contribution in [0.5, 0.6) is 0 Å². The van der Waals surface area contributed by atoms with Crippen LogP contribution in [-0.4, -0.2) is 9.55 Å². The van der Waals surface area contributed by atoms with Gasteiger partial charge in [0.25, 0.3) is 0 Å². The van der Waals surface area contributed by atoms with E-state index in [9.17, 15) is 0 Å². The molecule has 0 saturated heterocycles. The molecule has 0 spiro atoms. The fourth-order valence-corrected chi connectivity index (χ4v) is 4.05. The molecule has 3 nitrogen and oxygen atoms in total. The molecule has 0 aliphatic carbocycles. The van der Waals surface area contributed by atoms with Crippen molar-refractivity contribution in [3.05, 3.63) is 40.6 Å². The maximum atomic E-state index is 6.29. The number of imidazole rings is 1. The van der Waals surface area contributed by atoms with Crippen LogP contribution in [0.25, 0.3) is 9.40 Å². The van der Waals surface area contributed by atoms with Crippen LogP contribution < -0.4 is 5.73 Å². The molecule has 0 aliphatic rings. The molecule has 2 N–H and O–H groups in total. The maximum absolute atomic E-state index is 6.29. The minimum Gasteiger partial charge on any atom is -0.334 e. The number of hydrogen-bond acceptors (Lipinski definition) is 4. The van der Waals surface area contributed by atoms with Gasteiger partial charge >= 0.3 is 0 Å². The molecule has 5 heteroatoms. The summed E-state index contributed by atoms with van der Waals surface area (Å²) >= 11 is 3.52. The lowest BCUT2D eigenvalue weighted by Crippen LogP contribution is -2.16. The molecule has 3 rings (SSSR count). The van der Waals surface area contributed by atoms with Crippen LogP contribution in [0.15, 0.2) is 29.9 Å². The first kappa shape index (κ1) is 11.0. The molecular formula is C12H13N3S2. The predicted octanol–water partition coefficient (Wildman–Crippen LogP) is 3.23. The van der Waals surface area contributed by atoms with Crippen LogP contribution in [0.3, 0.4) is 0 Å². The highest BCUT2D eigenvalue weighted by Crippen LogP contribution is 2.34. The standard InChI is InChI=1S/C12H13N3S2/c1-2-15-5-4-14-12(15)11(13)10-7-9-8(17-10)3-6-16-9/h3-7,11H,2,13H2,1H3. The van der Waals surface area contributed by atoms with Crippen molar-refractivity contribution in [1.29, 1.82) is 0 Å². The zero-order valence-electron chi connectivity index (χ0n) is 9.46. The number of fused-ring (bicyclic) bond motifs is 1. The van der Waals surface area contributed by atoms with E-state index < -0.39 is 0 Å². The van der Waals surface area contributed by atoms with E-state index in [4.69, 9.17) is 5.73 Å². The molecule has 0 amide bonds. The van der Waals surface area contributed by atoms with E-state index in [2.05, 4.69) is 34.0 Å². The highest BCUT2D eigenvalue weighted by atomic mass is 32.1. The highest BCUT2D eigenvalue weighted by Gasteiger charge is 2.17. The van der Waals surface area contributed by atoms with Gasteiger partial charge in [0, 0.05) is 33.2 Å². The van der Waals surface area contributed by atoms with Crippen LogP contribution in [0.1, 0.15) is 23.7 Å². The lowest BCUT2D eigenvalue weighted by Gasteiger charge is -2.10. The third kappa shape index (κ3) is 1.80. The summed E-state index contributed by atoms with van der Waals surface area (Å²) in [6, 6.07) is 4.21. The monoisotopic (exact) mass is 263 g/mol. The van der Waals surface area contributed by atoms with Crippen LogP contribution in [-0.2, 0) is 6.54 Å². The first-order valence-corrected chi connectivity index (χ1v) is 7.22. The molecule has 0 saturated carbocycles. The largest absolute Gasteiger partial charge is 0.334 e. The maximum Gasteiger partial charge on any atom is 0.131 e. The van der Waals surface area contributed by atoms with Gasteiger partial charge in [-0.15, -0.1) is 22.7 Å². The molecule has 0 fully saturated rings. The van der Waals surface area contributed by atoms with Crippen molar-refractivity contribution < 1.29 is 0 Å². The molecule has 1 unspecified atom stereocenters. The topological polar surface area (TPSA) is 43.8 Å². The quantitative estimate of drug-likeness (QED) is 0.788. The van der Waals surface area contributed by atoms with Crippen LogP contribution in [0, 0.1) is 0 Å². The smallest absolute Gasteiger partial charge is 0.131 e. The molecule has 1 atom stereocenters. The Hall–Kier alpha value is -1.17. The average molecular weight is 263 g/mol. The van der Waals surface area contributed by atoms with Gasteiger partial charge in [0.05, 0.1) is 6.04 Å². The van der Waals surface area contributed by atoms with Crippen LogP contribution in [0.4, 0.5) is 0 Å². The molecule has 3 heterocycles. The van der Waals surface area contributed by atoms with Gasteiger partial charge in [-0.2, -0.15) is 0 Å². The highest BCUT2D eigenvalue weighted by molar-refractivity contribution is 7.26. The third-order valence-corrected chi connectivity index (χ3v) is 5.01. The second-order valence-electron chi connectivity index (χ2n) is 3.85. The number of rotatable bonds is 3. The molecule has 3 aromatic heterocycles. The van der Waals surface area contributed by atoms with Gasteiger partial charge < -0.3 is 10.3 Å². The number of hydrogen-bond donors (Lipinski definition) is 1. The van der Waals surface area contributed by atoms with Crippen LogP contribution >= 0.6 is 22.7 Å². The van der Waals surface area contributed by atoms with Gasteiger partial charge in [-0.3, -0.25) is 0 Å². The van der Waals surface area contributed by atoms with E-state index in [1.54, 1.807) is 22.7 Å². The minimum absolute atomic E-state index is 0.116. The van der Waals surface area contributed by atoms with E-state index >= 15 is 0 Å². The van der Waals surface area contributed by atoms with Crippen molar-refractivity contribution >= 4 is 32.1 Å². The average Bonchev–Trinajstić information content (AvgIpc) is 3.02. The second-order valence-corrected chi connectivity index (χ2v) is 5.91. The summed E-state index contributed by atoms with van der Waals surface area (Å²) in [6.07, 6.45) is 3.79. The van der Waals surface area contributed by atoms with Crippen molar-refractivity contribution in [3.8, 4) is 0 Å². The molecule has 0 aromatic carbocycles. The van der Waals surface area contributed by atoms with Crippen molar-refractivity contribution in [2.45, 2.75) is 19.5 Å². The number of nitrogens with two attached hydrogens (primary N) is 1. The first-order chi connectivity index (χ1) is 8.29. The summed E-state index contributed by atoms with van der Waals surface area (Å²) in [5.41, 5.74) is 6.29. The van der Waals surface area contributed by atoms with Gasteiger partial charge in [0.15, 0.2) is 0 Å². The fraction of sp³-hybridized carbons (Fsp3) is 0.250. The summed E-state index contributed by atoms with van der Waals surface area (Å²) in [5.74, 6) is 0.946. The first-order valence-electron chi connectivity index (χ1n) is 5.53. The molecule has 0 bridgehead atoms. The van der Waals surface area contributed by atoms with E-state index in [-0.39, 0.29) is 6.04 Å². The van der Waals surface area contributed by atoms with Crippen molar-refractivity contribution in [2.75, 3.05) is 0 Å². The zero-order chi connectivity index (χ0) is 11.8. The van der Waals surface area contributed by atoms with Gasteiger partial charge in [0.1, 0.15) is 5.82 Å². The Morgan fingerprint density at radius 3 is 3.12 bits per heavy atom. The van der Waals surface area contributed by atoms with Gasteiger partial charge in [-0.25, -0.2) is 4.98 Å². The molecule has 0 aliphatic heterocycles. The van der Waals surface area contributed by atoms with Crippen molar-refractivity contribution in [3.63, 3.8) is 0 Å². The van der Waals surface area contributed by atoms with Gasteiger partial charge in [-0.05, 0) is 24.4 Å². The number of nitrogens with zero attached hydrogens (tertiary/aromatic N) is 2. The van der Waals surface area contributed by atoms with E-state index in [1.165, 1.54) is 14.3 Å². The Labute approximate surface area is 108 Å². The summed E-state index contributed by atoms with van der Waals surface area (Å²) in [6.45, 7) is 3.01. The Kier molecular flexibility index (Phi) is 2.74. The van der Waals surface area contributed by atoms with E-state index in [0.717, 1.165) is 12.4 Å². The summed E-state index contributed by atoms with van der Waals surface area (Å²) in [7, 11) is 0. The van der Waals surface area contributed by atoms with E-state index in [1.807, 2.05) is 12.4 Å². The third-order valence-electron chi connectivity index (χ3n) is 2.83. The Bertz CT molecular complexity index is 606. The normalized spacial score (nSPS) is 13.3. The van der Waals surface area contributed by atoms with Gasteiger partial charge in [0.2, 0.25) is 0 Å². The second kappa shape index (κ2) is 4.25. The summed E-state index contributed by atoms with van der Waals surface area (Å²) in [4.78, 5) is 5.55. The van der Waals surface area contributed by atoms with Crippen molar-refractivity contribution in [2.24, 2.45) is 5.73 Å². The lowest BCUT2D eigenvalue weighted by atomic mass is 10.2. The summed E-state index contributed by atoms with van der Waals surface area (Å²) < 4.78 is 4.73. The zero-order valence-corrected chi connectivity index (χ0v) is 11.1. The Morgan fingerprint density at radius 2 is 2.35 bits per heavy atom. The van der Waals surface area contributed by atoms with Crippen LogP contribution in [0.2, 0.25) is 0 Å². The van der Waals surface area contributed by atoms with Crippen molar-refractivity contribution in [1.82, 2.24) is 9.55 Å². The van der Waals surface area contributed by atoms with E-state index in [0.29, 0.717) is 0 Å². The molecular weight excluding hydrogens is 250 g/mol. The molecule has 3 aromatic rings.